The van der Waals surface area contributed by atoms with Crippen molar-refractivity contribution in [3.63, 3.8) is 0 Å². The fourth-order valence-electron chi connectivity index (χ4n) is 2.82. The third-order valence-electron chi connectivity index (χ3n) is 4.30. The molecule has 1 aromatic heterocycles. The van der Waals surface area contributed by atoms with Crippen LogP contribution in [0.2, 0.25) is 5.02 Å². The molecule has 1 saturated carbocycles. The van der Waals surface area contributed by atoms with Crippen molar-refractivity contribution in [1.82, 2.24) is 9.78 Å². The van der Waals surface area contributed by atoms with Crippen LogP contribution < -0.4 is 11.1 Å². The molecule has 7 nitrogen and oxygen atoms in total. The normalized spacial score (nSPS) is 18.5. The Morgan fingerprint density at radius 1 is 1.35 bits per heavy atom. The average Bonchev–Trinajstić information content (AvgIpc) is 3.23. The number of nitrogens with zero attached hydrogens (tertiary/aromatic N) is 3. The number of hydrogen-bond donors (Lipinski definition) is 2. The van der Waals surface area contributed by atoms with Crippen LogP contribution in [0.1, 0.15) is 29.0 Å². The highest BCUT2D eigenvalue weighted by molar-refractivity contribution is 6.34. The maximum absolute atomic E-state index is 14.2. The largest absolute Gasteiger partial charge is 0.462 e. The zero-order chi connectivity index (χ0) is 22.9. The lowest BCUT2D eigenvalue weighted by molar-refractivity contribution is 0.0561. The van der Waals surface area contributed by atoms with E-state index in [-0.39, 0.29) is 33.3 Å². The van der Waals surface area contributed by atoms with Crippen molar-refractivity contribution in [3.05, 3.63) is 46.2 Å². The monoisotopic (exact) mass is 469 g/mol. The number of halogens is 7. The Morgan fingerprint density at radius 3 is 2.68 bits per heavy atom. The molecule has 0 radical (unpaired) electrons. The zero-order valence-electron chi connectivity index (χ0n) is 15.3. The van der Waals surface area contributed by atoms with Crippen LogP contribution in [0.15, 0.2) is 23.3 Å². The summed E-state index contributed by atoms with van der Waals surface area (Å²) in [4.78, 5) is 15.0. The number of ether oxygens (including phenoxy) is 1. The molecular formula is C17H14ClF6N5O2. The number of alkyl halides is 4. The molecule has 1 amide bonds. The van der Waals surface area contributed by atoms with Crippen molar-refractivity contribution in [2.45, 2.75) is 32.0 Å². The van der Waals surface area contributed by atoms with Gasteiger partial charge in [0, 0.05) is 17.7 Å². The minimum atomic E-state index is -3.04. The van der Waals surface area contributed by atoms with Gasteiger partial charge < -0.3 is 15.8 Å². The van der Waals surface area contributed by atoms with E-state index in [2.05, 4.69) is 15.4 Å². The van der Waals surface area contributed by atoms with E-state index in [1.807, 2.05) is 0 Å². The summed E-state index contributed by atoms with van der Waals surface area (Å²) >= 11 is 5.71. The summed E-state index contributed by atoms with van der Waals surface area (Å²) < 4.78 is 82.8. The number of aromatic nitrogens is 2. The Morgan fingerprint density at radius 2 is 2.06 bits per heavy atom. The molecule has 0 aliphatic heterocycles. The van der Waals surface area contributed by atoms with Gasteiger partial charge in [0.1, 0.15) is 6.10 Å². The first kappa shape index (κ1) is 22.7. The van der Waals surface area contributed by atoms with Crippen LogP contribution in [0.25, 0.3) is 0 Å². The zero-order valence-corrected chi connectivity index (χ0v) is 16.1. The van der Waals surface area contributed by atoms with Gasteiger partial charge in [-0.1, -0.05) is 11.6 Å². The minimum absolute atomic E-state index is 0.0418. The molecule has 1 aliphatic rings. The number of hydrogen-bond acceptors (Lipinski definition) is 4. The molecule has 1 aliphatic carbocycles. The first-order chi connectivity index (χ1) is 14.5. The topological polar surface area (TPSA) is 94.5 Å². The standard InChI is InChI=1S/C17H14ClF6N5O2/c18-9-5-29(16(23)24)28-13(9)14(30)26-8-2-7(12(20)10(19)4-8)1-6-3-11(6)31-17(25)27-15(21)22/h2,4-6,11,15-16H,1,3H2,(H2,25,27)(H,26,30)/t6-,11+/m1/s1. The Kier molecular flexibility index (Phi) is 6.62. The molecule has 3 N–H and O–H groups in total. The van der Waals surface area contributed by atoms with Crippen LogP contribution in [0.5, 0.6) is 0 Å². The third-order valence-corrected chi connectivity index (χ3v) is 4.58. The van der Waals surface area contributed by atoms with Gasteiger partial charge in [0.25, 0.3) is 11.9 Å². The summed E-state index contributed by atoms with van der Waals surface area (Å²) in [5.74, 6) is -3.79. The minimum Gasteiger partial charge on any atom is -0.462 e. The second-order valence-electron chi connectivity index (χ2n) is 6.57. The molecule has 0 spiro atoms. The number of amides is 1. The van der Waals surface area contributed by atoms with E-state index in [4.69, 9.17) is 22.1 Å². The molecule has 0 bridgehead atoms. The summed E-state index contributed by atoms with van der Waals surface area (Å²) in [7, 11) is 0. The quantitative estimate of drug-likeness (QED) is 0.278. The lowest BCUT2D eigenvalue weighted by Gasteiger charge is -2.10. The number of carbonyl (C=O) groups is 1. The van der Waals surface area contributed by atoms with Crippen LogP contribution in [-0.4, -0.2) is 34.4 Å². The van der Waals surface area contributed by atoms with Crippen LogP contribution in [0, 0.1) is 17.6 Å². The molecule has 2 atom stereocenters. The van der Waals surface area contributed by atoms with Crippen molar-refractivity contribution in [2.24, 2.45) is 16.6 Å². The maximum atomic E-state index is 14.2. The average molecular weight is 470 g/mol. The second kappa shape index (κ2) is 9.04. The number of rotatable bonds is 7. The van der Waals surface area contributed by atoms with Crippen molar-refractivity contribution < 1.29 is 35.9 Å². The Bertz CT molecular complexity index is 1020. The van der Waals surface area contributed by atoms with Gasteiger partial charge in [-0.2, -0.15) is 27.7 Å². The van der Waals surface area contributed by atoms with Crippen LogP contribution in [-0.2, 0) is 11.2 Å². The summed E-state index contributed by atoms with van der Waals surface area (Å²) in [6, 6.07) is 1.12. The summed E-state index contributed by atoms with van der Waals surface area (Å²) in [5, 5.41) is 5.20. The highest BCUT2D eigenvalue weighted by Gasteiger charge is 2.40. The predicted octanol–water partition coefficient (Wildman–Crippen LogP) is 3.95. The lowest BCUT2D eigenvalue weighted by Crippen LogP contribution is -2.20. The third kappa shape index (κ3) is 5.60. The van der Waals surface area contributed by atoms with Crippen LogP contribution in [0.3, 0.4) is 0 Å². The van der Waals surface area contributed by atoms with Gasteiger partial charge >= 0.3 is 13.1 Å². The van der Waals surface area contributed by atoms with E-state index < -0.39 is 48.5 Å². The van der Waals surface area contributed by atoms with Gasteiger partial charge in [0.2, 0.25) is 0 Å². The van der Waals surface area contributed by atoms with Crippen molar-refractivity contribution in [2.75, 3.05) is 5.32 Å². The molecule has 1 aromatic carbocycles. The highest BCUT2D eigenvalue weighted by atomic mass is 35.5. The summed E-state index contributed by atoms with van der Waals surface area (Å²) in [6.07, 6.45) is 0.450. The molecule has 1 heterocycles. The van der Waals surface area contributed by atoms with E-state index in [0.29, 0.717) is 12.5 Å². The van der Waals surface area contributed by atoms with Gasteiger partial charge in [0.05, 0.1) is 11.2 Å². The van der Waals surface area contributed by atoms with E-state index in [0.717, 1.165) is 12.3 Å². The Balaban J connectivity index is 1.70. The van der Waals surface area contributed by atoms with Crippen LogP contribution >= 0.6 is 11.6 Å². The Hall–Kier alpha value is -2.96. The fraction of sp³-hybridized carbons (Fsp3) is 0.353. The number of benzene rings is 1. The van der Waals surface area contributed by atoms with Gasteiger partial charge in [-0.05, 0) is 24.5 Å². The number of aliphatic imine (C=N–C) groups is 1. The molecule has 14 heteroatoms. The molecule has 2 aromatic rings. The van der Waals surface area contributed by atoms with E-state index in [1.54, 1.807) is 0 Å². The molecule has 1 fully saturated rings. The first-order valence-electron chi connectivity index (χ1n) is 8.65. The molecule has 0 unspecified atom stereocenters. The van der Waals surface area contributed by atoms with Gasteiger partial charge in [-0.3, -0.25) is 4.79 Å². The Labute approximate surface area is 175 Å². The van der Waals surface area contributed by atoms with E-state index >= 15 is 0 Å². The number of nitrogens with two attached hydrogens (primary N) is 1. The number of anilines is 1. The molecule has 31 heavy (non-hydrogen) atoms. The molecule has 3 rings (SSSR count). The first-order valence-corrected chi connectivity index (χ1v) is 9.03. The van der Waals surface area contributed by atoms with E-state index in [1.165, 1.54) is 0 Å². The smallest absolute Gasteiger partial charge is 0.336 e. The van der Waals surface area contributed by atoms with Crippen molar-refractivity contribution in [3.8, 4) is 0 Å². The fourth-order valence-corrected chi connectivity index (χ4v) is 3.05. The molecule has 168 valence electrons. The summed E-state index contributed by atoms with van der Waals surface area (Å²) in [6.45, 7) is -6.06. The predicted molar refractivity (Wildman–Crippen MR) is 97.1 cm³/mol. The number of nitrogens with one attached hydrogen (secondary N) is 1. The van der Waals surface area contributed by atoms with Gasteiger partial charge in [-0.25, -0.2) is 13.5 Å². The second-order valence-corrected chi connectivity index (χ2v) is 6.98. The number of amidine groups is 1. The van der Waals surface area contributed by atoms with Gasteiger partial charge in [-0.15, -0.1) is 0 Å². The maximum Gasteiger partial charge on any atom is 0.336 e. The van der Waals surface area contributed by atoms with Crippen molar-refractivity contribution >= 4 is 29.2 Å². The van der Waals surface area contributed by atoms with E-state index in [9.17, 15) is 31.1 Å². The summed E-state index contributed by atoms with van der Waals surface area (Å²) in [5.41, 5.74) is 4.37. The number of carbonyl (C=O) groups excluding carboxylic acids is 1. The molecular weight excluding hydrogens is 456 g/mol. The molecule has 0 saturated heterocycles. The van der Waals surface area contributed by atoms with Crippen molar-refractivity contribution in [1.29, 1.82) is 0 Å². The van der Waals surface area contributed by atoms with Gasteiger partial charge in [0.15, 0.2) is 17.3 Å². The highest BCUT2D eigenvalue weighted by Crippen LogP contribution is 2.38. The van der Waals surface area contributed by atoms with Crippen LogP contribution in [0.4, 0.5) is 32.0 Å². The SMILES string of the molecule is NC(=NC(F)F)O[C@H]1C[C@H]1Cc1cc(NC(=O)c2nn(C(F)F)cc2Cl)cc(F)c1F. The lowest BCUT2D eigenvalue weighted by atomic mass is 10.1.